The number of hydrogen-bond donors (Lipinski definition) is 2. The molecular formula is C8H16N2O. The highest BCUT2D eigenvalue weighted by Gasteiger charge is 2.49. The maximum atomic E-state index is 8.64. The van der Waals surface area contributed by atoms with Crippen molar-refractivity contribution in [2.45, 2.75) is 18.4 Å². The van der Waals surface area contributed by atoms with Crippen molar-refractivity contribution in [2.75, 3.05) is 26.2 Å². The summed E-state index contributed by atoms with van der Waals surface area (Å²) >= 11 is 0. The van der Waals surface area contributed by atoms with Crippen molar-refractivity contribution in [1.82, 2.24) is 4.90 Å². The number of aliphatic hydroxyl groups excluding tert-OH is 1. The zero-order valence-corrected chi connectivity index (χ0v) is 6.79. The highest BCUT2D eigenvalue weighted by Crippen LogP contribution is 2.42. The van der Waals surface area contributed by atoms with Crippen molar-refractivity contribution < 1.29 is 5.11 Å². The van der Waals surface area contributed by atoms with E-state index in [0.717, 1.165) is 25.6 Å². The quantitative estimate of drug-likeness (QED) is 0.574. The SMILES string of the molecule is NC1(C2CC2)CN(CCO)C1. The second-order valence-corrected chi connectivity index (χ2v) is 3.94. The van der Waals surface area contributed by atoms with Crippen LogP contribution in [0, 0.1) is 5.92 Å². The molecule has 1 aliphatic heterocycles. The van der Waals surface area contributed by atoms with Gasteiger partial charge in [-0.05, 0) is 18.8 Å². The first-order chi connectivity index (χ1) is 5.24. The van der Waals surface area contributed by atoms with Crippen molar-refractivity contribution in [3.63, 3.8) is 0 Å². The summed E-state index contributed by atoms with van der Waals surface area (Å²) in [6.45, 7) is 3.06. The monoisotopic (exact) mass is 156 g/mol. The summed E-state index contributed by atoms with van der Waals surface area (Å²) < 4.78 is 0. The molecule has 0 bridgehead atoms. The Balaban J connectivity index is 1.76. The Labute approximate surface area is 67.2 Å². The molecule has 0 atom stereocenters. The lowest BCUT2D eigenvalue weighted by Gasteiger charge is -2.48. The minimum Gasteiger partial charge on any atom is -0.395 e. The summed E-state index contributed by atoms with van der Waals surface area (Å²) in [5.74, 6) is 0.789. The van der Waals surface area contributed by atoms with E-state index in [2.05, 4.69) is 4.90 Å². The number of nitrogens with two attached hydrogens (primary N) is 1. The Morgan fingerprint density at radius 2 is 2.09 bits per heavy atom. The lowest BCUT2D eigenvalue weighted by atomic mass is 9.86. The van der Waals surface area contributed by atoms with Crippen molar-refractivity contribution in [2.24, 2.45) is 11.7 Å². The third-order valence-corrected chi connectivity index (χ3v) is 2.84. The van der Waals surface area contributed by atoms with Crippen LogP contribution in [0.3, 0.4) is 0 Å². The van der Waals surface area contributed by atoms with Crippen LogP contribution >= 0.6 is 0 Å². The molecule has 0 aromatic carbocycles. The van der Waals surface area contributed by atoms with Gasteiger partial charge in [0, 0.05) is 25.2 Å². The molecule has 0 aromatic rings. The number of β-amino-alcohol motifs (C(OH)–C–C–N with tert-alkyl or cyclic N) is 1. The van der Waals surface area contributed by atoms with Gasteiger partial charge in [-0.1, -0.05) is 0 Å². The molecule has 11 heavy (non-hydrogen) atoms. The first kappa shape index (κ1) is 7.53. The Morgan fingerprint density at radius 3 is 2.55 bits per heavy atom. The first-order valence-electron chi connectivity index (χ1n) is 4.37. The van der Waals surface area contributed by atoms with Gasteiger partial charge in [0.2, 0.25) is 0 Å². The standard InChI is InChI=1S/C8H16N2O/c9-8(7-1-2-7)5-10(6-8)3-4-11/h7,11H,1-6,9H2. The summed E-state index contributed by atoms with van der Waals surface area (Å²) in [6, 6.07) is 0. The van der Waals surface area contributed by atoms with Crippen molar-refractivity contribution >= 4 is 0 Å². The third kappa shape index (κ3) is 1.28. The smallest absolute Gasteiger partial charge is 0.0558 e. The summed E-state index contributed by atoms with van der Waals surface area (Å²) in [7, 11) is 0. The van der Waals surface area contributed by atoms with E-state index in [1.54, 1.807) is 0 Å². The van der Waals surface area contributed by atoms with Gasteiger partial charge in [-0.15, -0.1) is 0 Å². The number of nitrogens with zero attached hydrogens (tertiary/aromatic N) is 1. The Morgan fingerprint density at radius 1 is 1.45 bits per heavy atom. The largest absolute Gasteiger partial charge is 0.395 e. The van der Waals surface area contributed by atoms with Gasteiger partial charge < -0.3 is 10.8 Å². The molecule has 0 radical (unpaired) electrons. The summed E-state index contributed by atoms with van der Waals surface area (Å²) in [5, 5.41) is 8.64. The fraction of sp³-hybridized carbons (Fsp3) is 1.00. The van der Waals surface area contributed by atoms with Gasteiger partial charge in [0.05, 0.1) is 6.61 Å². The van der Waals surface area contributed by atoms with Gasteiger partial charge >= 0.3 is 0 Å². The van der Waals surface area contributed by atoms with E-state index in [1.165, 1.54) is 12.8 Å². The Hall–Kier alpha value is -0.120. The van der Waals surface area contributed by atoms with Gasteiger partial charge in [-0.3, -0.25) is 4.90 Å². The minimum absolute atomic E-state index is 0.120. The molecule has 0 amide bonds. The predicted octanol–water partition coefficient (Wildman–Crippen LogP) is -0.598. The van der Waals surface area contributed by atoms with Crippen LogP contribution in [0.2, 0.25) is 0 Å². The molecular weight excluding hydrogens is 140 g/mol. The van der Waals surface area contributed by atoms with Gasteiger partial charge in [0.15, 0.2) is 0 Å². The summed E-state index contributed by atoms with van der Waals surface area (Å²) in [4.78, 5) is 2.22. The Bertz CT molecular complexity index is 150. The van der Waals surface area contributed by atoms with E-state index < -0.39 is 0 Å². The van der Waals surface area contributed by atoms with E-state index in [1.807, 2.05) is 0 Å². The van der Waals surface area contributed by atoms with Crippen LogP contribution in [0.4, 0.5) is 0 Å². The minimum atomic E-state index is 0.120. The van der Waals surface area contributed by atoms with E-state index >= 15 is 0 Å². The zero-order chi connectivity index (χ0) is 7.90. The van der Waals surface area contributed by atoms with E-state index in [-0.39, 0.29) is 12.1 Å². The van der Waals surface area contributed by atoms with Gasteiger partial charge in [0.1, 0.15) is 0 Å². The first-order valence-corrected chi connectivity index (χ1v) is 4.37. The van der Waals surface area contributed by atoms with Gasteiger partial charge in [-0.25, -0.2) is 0 Å². The molecule has 3 nitrogen and oxygen atoms in total. The highest BCUT2D eigenvalue weighted by atomic mass is 16.3. The number of aliphatic hydroxyl groups is 1. The average Bonchev–Trinajstić information content (AvgIpc) is 2.65. The van der Waals surface area contributed by atoms with Crippen LogP contribution in [0.15, 0.2) is 0 Å². The van der Waals surface area contributed by atoms with Crippen molar-refractivity contribution in [3.05, 3.63) is 0 Å². The second kappa shape index (κ2) is 2.44. The van der Waals surface area contributed by atoms with Crippen LogP contribution in [0.5, 0.6) is 0 Å². The fourth-order valence-corrected chi connectivity index (χ4v) is 2.00. The number of hydrogen-bond acceptors (Lipinski definition) is 3. The maximum absolute atomic E-state index is 8.64. The van der Waals surface area contributed by atoms with Gasteiger partial charge in [-0.2, -0.15) is 0 Å². The lowest BCUT2D eigenvalue weighted by molar-refractivity contribution is 0.0401. The maximum Gasteiger partial charge on any atom is 0.0558 e. The summed E-state index contributed by atoms with van der Waals surface area (Å²) in [6.07, 6.45) is 2.65. The molecule has 2 rings (SSSR count). The number of rotatable bonds is 3. The van der Waals surface area contributed by atoms with Crippen LogP contribution in [-0.4, -0.2) is 41.8 Å². The molecule has 2 aliphatic rings. The molecule has 0 aromatic heterocycles. The molecule has 3 heteroatoms. The van der Waals surface area contributed by atoms with Crippen LogP contribution in [0.25, 0.3) is 0 Å². The molecule has 3 N–H and O–H groups in total. The number of likely N-dealkylation sites (tertiary alicyclic amines) is 1. The molecule has 1 saturated heterocycles. The van der Waals surface area contributed by atoms with Gasteiger partial charge in [0.25, 0.3) is 0 Å². The summed E-state index contributed by atoms with van der Waals surface area (Å²) in [5.41, 5.74) is 6.23. The highest BCUT2D eigenvalue weighted by molar-refractivity contribution is 5.08. The molecule has 1 heterocycles. The van der Waals surface area contributed by atoms with E-state index in [9.17, 15) is 0 Å². The second-order valence-electron chi connectivity index (χ2n) is 3.94. The zero-order valence-electron chi connectivity index (χ0n) is 6.79. The Kier molecular flexibility index (Phi) is 1.67. The van der Waals surface area contributed by atoms with Crippen LogP contribution in [0.1, 0.15) is 12.8 Å². The molecule has 1 saturated carbocycles. The van der Waals surface area contributed by atoms with Crippen LogP contribution < -0.4 is 5.73 Å². The average molecular weight is 156 g/mol. The molecule has 64 valence electrons. The lowest BCUT2D eigenvalue weighted by Crippen LogP contribution is -2.68. The van der Waals surface area contributed by atoms with Crippen LogP contribution in [-0.2, 0) is 0 Å². The van der Waals surface area contributed by atoms with E-state index in [4.69, 9.17) is 10.8 Å². The van der Waals surface area contributed by atoms with E-state index in [0.29, 0.717) is 0 Å². The van der Waals surface area contributed by atoms with Crippen molar-refractivity contribution in [3.8, 4) is 0 Å². The molecule has 0 unspecified atom stereocenters. The van der Waals surface area contributed by atoms with Crippen molar-refractivity contribution in [1.29, 1.82) is 0 Å². The normalized spacial score (nSPS) is 30.0. The third-order valence-electron chi connectivity index (χ3n) is 2.84. The fourth-order valence-electron chi connectivity index (χ4n) is 2.00. The predicted molar refractivity (Wildman–Crippen MR) is 43.2 cm³/mol. The molecule has 1 aliphatic carbocycles. The molecule has 0 spiro atoms. The molecule has 2 fully saturated rings. The topological polar surface area (TPSA) is 49.5 Å².